The molecule has 0 N–H and O–H groups in total. The van der Waals surface area contributed by atoms with Gasteiger partial charge in [-0.15, -0.1) is 0 Å². The molecule has 1 aliphatic rings. The molecule has 0 saturated carbocycles. The number of aliphatic imine (C=N–C) groups is 1. The molecule has 0 amide bonds. The van der Waals surface area contributed by atoms with Crippen LogP contribution in [0.5, 0.6) is 11.5 Å². The quantitative estimate of drug-likeness (QED) is 0.610. The van der Waals surface area contributed by atoms with Gasteiger partial charge in [0.15, 0.2) is 5.78 Å². The van der Waals surface area contributed by atoms with Crippen LogP contribution >= 0.6 is 0 Å². The second-order valence-corrected chi connectivity index (χ2v) is 4.64. The van der Waals surface area contributed by atoms with Crippen LogP contribution in [-0.2, 0) is 0 Å². The van der Waals surface area contributed by atoms with Gasteiger partial charge in [0.05, 0.1) is 26.3 Å². The van der Waals surface area contributed by atoms with Crippen LogP contribution in [-0.4, -0.2) is 43.8 Å². The first-order valence-corrected chi connectivity index (χ1v) is 6.65. The third-order valence-corrected chi connectivity index (χ3v) is 3.42. The van der Waals surface area contributed by atoms with Gasteiger partial charge in [0.2, 0.25) is 6.19 Å². The van der Waals surface area contributed by atoms with Crippen molar-refractivity contribution in [1.82, 2.24) is 4.90 Å². The number of hydrogen-bond donors (Lipinski definition) is 0. The SMILES string of the molecule is COc1ccc(C(=O)CN2CCCC2=NC#N)c(OC)c1. The summed E-state index contributed by atoms with van der Waals surface area (Å²) in [5.41, 5.74) is 0.501. The zero-order chi connectivity index (χ0) is 15.2. The molecule has 0 radical (unpaired) electrons. The minimum Gasteiger partial charge on any atom is -0.497 e. The minimum absolute atomic E-state index is 0.0676. The number of ether oxygens (including phenoxy) is 2. The highest BCUT2D eigenvalue weighted by Crippen LogP contribution is 2.25. The molecule has 0 atom stereocenters. The molecule has 6 nitrogen and oxygen atoms in total. The summed E-state index contributed by atoms with van der Waals surface area (Å²) < 4.78 is 10.4. The Morgan fingerprint density at radius 2 is 2.24 bits per heavy atom. The van der Waals surface area contributed by atoms with E-state index >= 15 is 0 Å². The Balaban J connectivity index is 2.17. The Bertz CT molecular complexity index is 605. The lowest BCUT2D eigenvalue weighted by Gasteiger charge is -2.18. The normalized spacial score (nSPS) is 15.9. The molecule has 0 unspecified atom stereocenters. The van der Waals surface area contributed by atoms with Crippen molar-refractivity contribution in [2.45, 2.75) is 12.8 Å². The predicted molar refractivity (Wildman–Crippen MR) is 77.7 cm³/mol. The van der Waals surface area contributed by atoms with Crippen LogP contribution < -0.4 is 9.47 Å². The number of amidine groups is 1. The van der Waals surface area contributed by atoms with Crippen LogP contribution in [0.2, 0.25) is 0 Å². The fourth-order valence-corrected chi connectivity index (χ4v) is 2.36. The molecule has 21 heavy (non-hydrogen) atoms. The molecular weight excluding hydrogens is 270 g/mol. The zero-order valence-electron chi connectivity index (χ0n) is 12.1. The summed E-state index contributed by atoms with van der Waals surface area (Å²) in [6.45, 7) is 0.938. The molecule has 0 aromatic heterocycles. The van der Waals surface area contributed by atoms with Crippen LogP contribution in [0.15, 0.2) is 23.2 Å². The molecule has 1 aromatic rings. The van der Waals surface area contributed by atoms with E-state index in [1.165, 1.54) is 7.11 Å². The van der Waals surface area contributed by atoms with E-state index in [1.807, 2.05) is 4.90 Å². The van der Waals surface area contributed by atoms with E-state index < -0.39 is 0 Å². The number of carbonyl (C=O) groups is 1. The van der Waals surface area contributed by atoms with Crippen molar-refractivity contribution in [3.05, 3.63) is 23.8 Å². The molecule has 1 aliphatic heterocycles. The van der Waals surface area contributed by atoms with Crippen molar-refractivity contribution in [3.8, 4) is 17.7 Å². The van der Waals surface area contributed by atoms with Crippen LogP contribution in [0.4, 0.5) is 0 Å². The van der Waals surface area contributed by atoms with Crippen LogP contribution in [0.25, 0.3) is 0 Å². The predicted octanol–water partition coefficient (Wildman–Crippen LogP) is 1.86. The lowest BCUT2D eigenvalue weighted by molar-refractivity contribution is 0.0963. The second-order valence-electron chi connectivity index (χ2n) is 4.64. The minimum atomic E-state index is -0.0676. The number of benzene rings is 1. The van der Waals surface area contributed by atoms with Crippen molar-refractivity contribution in [2.24, 2.45) is 4.99 Å². The molecule has 0 bridgehead atoms. The van der Waals surface area contributed by atoms with Gasteiger partial charge in [-0.05, 0) is 18.6 Å². The highest BCUT2D eigenvalue weighted by molar-refractivity contribution is 6.02. The van der Waals surface area contributed by atoms with Crippen molar-refractivity contribution in [3.63, 3.8) is 0 Å². The van der Waals surface area contributed by atoms with E-state index in [0.717, 1.165) is 19.4 Å². The van der Waals surface area contributed by atoms with Gasteiger partial charge in [0, 0.05) is 19.0 Å². The zero-order valence-corrected chi connectivity index (χ0v) is 12.1. The van der Waals surface area contributed by atoms with Gasteiger partial charge in [-0.2, -0.15) is 10.3 Å². The van der Waals surface area contributed by atoms with Crippen LogP contribution in [0, 0.1) is 11.5 Å². The Hall–Kier alpha value is -2.55. The molecule has 1 fully saturated rings. The van der Waals surface area contributed by atoms with E-state index in [2.05, 4.69) is 4.99 Å². The highest BCUT2D eigenvalue weighted by atomic mass is 16.5. The Morgan fingerprint density at radius 1 is 1.43 bits per heavy atom. The number of ketones is 1. The van der Waals surface area contributed by atoms with Crippen molar-refractivity contribution in [2.75, 3.05) is 27.3 Å². The molecule has 6 heteroatoms. The maximum Gasteiger partial charge on any atom is 0.207 e. The third-order valence-electron chi connectivity index (χ3n) is 3.42. The van der Waals surface area contributed by atoms with Gasteiger partial charge in [-0.3, -0.25) is 4.79 Å². The molecule has 1 saturated heterocycles. The molecule has 1 aromatic carbocycles. The number of methoxy groups -OCH3 is 2. The summed E-state index contributed by atoms with van der Waals surface area (Å²) in [5, 5.41) is 8.65. The smallest absolute Gasteiger partial charge is 0.207 e. The number of likely N-dealkylation sites (tertiary alicyclic amines) is 1. The van der Waals surface area contributed by atoms with Gasteiger partial charge >= 0.3 is 0 Å². The Morgan fingerprint density at radius 3 is 2.90 bits per heavy atom. The van der Waals surface area contributed by atoms with Gasteiger partial charge in [-0.1, -0.05) is 0 Å². The lowest BCUT2D eigenvalue weighted by Crippen LogP contribution is -2.31. The Labute approximate surface area is 123 Å². The Kier molecular flexibility index (Phi) is 4.77. The largest absolute Gasteiger partial charge is 0.497 e. The highest BCUT2D eigenvalue weighted by Gasteiger charge is 2.23. The first-order chi connectivity index (χ1) is 10.2. The first kappa shape index (κ1) is 14.9. The summed E-state index contributed by atoms with van der Waals surface area (Å²) in [7, 11) is 3.08. The third kappa shape index (κ3) is 3.31. The van der Waals surface area contributed by atoms with Gasteiger partial charge in [-0.25, -0.2) is 0 Å². The topological polar surface area (TPSA) is 74.9 Å². The fourth-order valence-electron chi connectivity index (χ4n) is 2.36. The van der Waals surface area contributed by atoms with E-state index in [4.69, 9.17) is 14.7 Å². The molecule has 0 aliphatic carbocycles. The maximum absolute atomic E-state index is 12.4. The number of Topliss-reactive ketones (excluding diaryl/α,β-unsaturated/α-hetero) is 1. The summed E-state index contributed by atoms with van der Waals surface area (Å²) >= 11 is 0. The summed E-state index contributed by atoms with van der Waals surface area (Å²) in [5.74, 6) is 1.73. The summed E-state index contributed by atoms with van der Waals surface area (Å²) in [6, 6.07) is 5.10. The van der Waals surface area contributed by atoms with Gasteiger partial charge in [0.1, 0.15) is 17.3 Å². The van der Waals surface area contributed by atoms with Crippen LogP contribution in [0.3, 0.4) is 0 Å². The molecule has 1 heterocycles. The van der Waals surface area contributed by atoms with E-state index in [0.29, 0.717) is 22.9 Å². The average Bonchev–Trinajstić information content (AvgIpc) is 2.94. The van der Waals surface area contributed by atoms with Gasteiger partial charge < -0.3 is 14.4 Å². The molecule has 110 valence electrons. The number of rotatable bonds is 5. The fraction of sp³-hybridized carbons (Fsp3) is 0.400. The van der Waals surface area contributed by atoms with Gasteiger partial charge in [0.25, 0.3) is 0 Å². The van der Waals surface area contributed by atoms with Crippen molar-refractivity contribution in [1.29, 1.82) is 5.26 Å². The molecule has 2 rings (SSSR count). The summed E-state index contributed by atoms with van der Waals surface area (Å²) in [4.78, 5) is 18.0. The van der Waals surface area contributed by atoms with E-state index in [-0.39, 0.29) is 12.3 Å². The average molecular weight is 287 g/mol. The standard InChI is InChI=1S/C15H17N3O3/c1-20-11-5-6-12(14(8-11)21-2)13(19)9-18-7-3-4-15(18)17-10-16/h5-6,8H,3-4,7,9H2,1-2H3. The van der Waals surface area contributed by atoms with E-state index in [1.54, 1.807) is 31.5 Å². The van der Waals surface area contributed by atoms with Crippen LogP contribution in [0.1, 0.15) is 23.2 Å². The van der Waals surface area contributed by atoms with Crippen molar-refractivity contribution < 1.29 is 14.3 Å². The number of nitrogens with zero attached hydrogens (tertiary/aromatic N) is 3. The number of hydrogen-bond acceptors (Lipinski definition) is 5. The van der Waals surface area contributed by atoms with Crippen molar-refractivity contribution >= 4 is 11.6 Å². The monoisotopic (exact) mass is 287 g/mol. The summed E-state index contributed by atoms with van der Waals surface area (Å²) in [6.07, 6.45) is 3.43. The molecular formula is C15H17N3O3. The lowest BCUT2D eigenvalue weighted by atomic mass is 10.1. The molecule has 0 spiro atoms. The number of nitriles is 1. The first-order valence-electron chi connectivity index (χ1n) is 6.65. The second kappa shape index (κ2) is 6.75. The number of carbonyl (C=O) groups excluding carboxylic acids is 1. The maximum atomic E-state index is 12.4. The van der Waals surface area contributed by atoms with E-state index in [9.17, 15) is 4.79 Å².